The van der Waals surface area contributed by atoms with Crippen LogP contribution in [0.4, 0.5) is 5.82 Å². The van der Waals surface area contributed by atoms with Gasteiger partial charge in [-0.05, 0) is 0 Å². The van der Waals surface area contributed by atoms with Crippen LogP contribution in [0, 0.1) is 0 Å². The SMILES string of the molecule is Nc1ncnc2c1sc1ncncc12. The number of hydrogen-bond acceptors (Lipinski definition) is 6. The summed E-state index contributed by atoms with van der Waals surface area (Å²) in [5, 5.41) is 0.932. The van der Waals surface area contributed by atoms with E-state index in [2.05, 4.69) is 19.9 Å². The van der Waals surface area contributed by atoms with Crippen LogP contribution in [-0.2, 0) is 0 Å². The second-order valence-electron chi connectivity index (χ2n) is 2.78. The Labute approximate surface area is 82.7 Å². The maximum absolute atomic E-state index is 5.73. The molecular formula is C8H5N5S. The summed E-state index contributed by atoms with van der Waals surface area (Å²) in [6, 6.07) is 0. The Bertz CT molecular complexity index is 617. The third kappa shape index (κ3) is 0.882. The van der Waals surface area contributed by atoms with Gasteiger partial charge in [0.1, 0.15) is 23.3 Å². The van der Waals surface area contributed by atoms with Crippen molar-refractivity contribution >= 4 is 37.6 Å². The fourth-order valence-corrected chi connectivity index (χ4v) is 2.31. The molecular weight excluding hydrogens is 198 g/mol. The monoisotopic (exact) mass is 203 g/mol. The number of nitrogen functional groups attached to an aromatic ring is 1. The van der Waals surface area contributed by atoms with Crippen molar-refractivity contribution in [2.75, 3.05) is 5.73 Å². The van der Waals surface area contributed by atoms with Gasteiger partial charge in [0, 0.05) is 6.20 Å². The zero-order chi connectivity index (χ0) is 9.54. The van der Waals surface area contributed by atoms with E-state index in [-0.39, 0.29) is 0 Å². The van der Waals surface area contributed by atoms with Gasteiger partial charge in [-0.2, -0.15) is 0 Å². The molecule has 0 bridgehead atoms. The lowest BCUT2D eigenvalue weighted by Crippen LogP contribution is -1.89. The van der Waals surface area contributed by atoms with E-state index in [4.69, 9.17) is 5.73 Å². The fraction of sp³-hybridized carbons (Fsp3) is 0. The van der Waals surface area contributed by atoms with Crippen molar-refractivity contribution in [2.24, 2.45) is 0 Å². The van der Waals surface area contributed by atoms with Crippen LogP contribution in [-0.4, -0.2) is 19.9 Å². The number of nitrogens with zero attached hydrogens (tertiary/aromatic N) is 4. The van der Waals surface area contributed by atoms with E-state index >= 15 is 0 Å². The first kappa shape index (κ1) is 7.57. The zero-order valence-corrected chi connectivity index (χ0v) is 7.82. The highest BCUT2D eigenvalue weighted by molar-refractivity contribution is 7.25. The topological polar surface area (TPSA) is 77.6 Å². The Morgan fingerprint density at radius 3 is 3.00 bits per heavy atom. The summed E-state index contributed by atoms with van der Waals surface area (Å²) in [6.45, 7) is 0. The molecule has 2 N–H and O–H groups in total. The van der Waals surface area contributed by atoms with Gasteiger partial charge in [0.2, 0.25) is 0 Å². The van der Waals surface area contributed by atoms with Crippen LogP contribution in [0.3, 0.4) is 0 Å². The highest BCUT2D eigenvalue weighted by atomic mass is 32.1. The lowest BCUT2D eigenvalue weighted by molar-refractivity contribution is 1.22. The summed E-state index contributed by atoms with van der Waals surface area (Å²) in [5.41, 5.74) is 6.56. The highest BCUT2D eigenvalue weighted by Crippen LogP contribution is 2.32. The summed E-state index contributed by atoms with van der Waals surface area (Å²) in [7, 11) is 0. The Kier molecular flexibility index (Phi) is 1.40. The average molecular weight is 203 g/mol. The number of nitrogens with two attached hydrogens (primary N) is 1. The van der Waals surface area contributed by atoms with Crippen molar-refractivity contribution < 1.29 is 0 Å². The summed E-state index contributed by atoms with van der Waals surface area (Å²) in [5.74, 6) is 0.498. The van der Waals surface area contributed by atoms with Crippen LogP contribution in [0.2, 0.25) is 0 Å². The van der Waals surface area contributed by atoms with E-state index in [1.165, 1.54) is 24.0 Å². The molecule has 3 rings (SSSR count). The van der Waals surface area contributed by atoms with Crippen molar-refractivity contribution in [1.29, 1.82) is 0 Å². The maximum atomic E-state index is 5.73. The quantitative estimate of drug-likeness (QED) is 0.594. The number of aromatic nitrogens is 4. The molecule has 0 amide bonds. The molecule has 14 heavy (non-hydrogen) atoms. The molecule has 3 aromatic rings. The molecule has 5 nitrogen and oxygen atoms in total. The second-order valence-corrected chi connectivity index (χ2v) is 3.78. The molecule has 68 valence electrons. The minimum Gasteiger partial charge on any atom is -0.382 e. The number of thiophene rings is 1. The maximum Gasteiger partial charge on any atom is 0.144 e. The predicted octanol–water partition coefficient (Wildman–Crippen LogP) is 1.22. The number of rotatable bonds is 0. The van der Waals surface area contributed by atoms with E-state index < -0.39 is 0 Å². The van der Waals surface area contributed by atoms with Crippen LogP contribution in [0.15, 0.2) is 18.9 Å². The minimum absolute atomic E-state index is 0.498. The van der Waals surface area contributed by atoms with Crippen LogP contribution in [0.5, 0.6) is 0 Å². The molecule has 3 aromatic heterocycles. The largest absolute Gasteiger partial charge is 0.382 e. The highest BCUT2D eigenvalue weighted by Gasteiger charge is 2.09. The Morgan fingerprint density at radius 2 is 2.07 bits per heavy atom. The third-order valence-electron chi connectivity index (χ3n) is 1.96. The molecule has 0 unspecified atom stereocenters. The molecule has 0 aromatic carbocycles. The number of hydrogen-bond donors (Lipinski definition) is 1. The molecule has 3 heterocycles. The molecule has 0 fully saturated rings. The van der Waals surface area contributed by atoms with Crippen LogP contribution in [0.25, 0.3) is 20.4 Å². The first-order valence-electron chi connectivity index (χ1n) is 3.95. The molecule has 0 atom stereocenters. The van der Waals surface area contributed by atoms with E-state index in [1.807, 2.05) is 0 Å². The molecule has 0 saturated heterocycles. The van der Waals surface area contributed by atoms with E-state index in [0.29, 0.717) is 5.82 Å². The molecule has 0 aliphatic heterocycles. The summed E-state index contributed by atoms with van der Waals surface area (Å²) < 4.78 is 0.878. The lowest BCUT2D eigenvalue weighted by atomic mass is 10.3. The fourth-order valence-electron chi connectivity index (χ4n) is 1.34. The van der Waals surface area contributed by atoms with Crippen molar-refractivity contribution in [1.82, 2.24) is 19.9 Å². The Hall–Kier alpha value is -1.82. The van der Waals surface area contributed by atoms with E-state index in [1.54, 1.807) is 6.20 Å². The van der Waals surface area contributed by atoms with Gasteiger partial charge in [0.25, 0.3) is 0 Å². The molecule has 6 heteroatoms. The van der Waals surface area contributed by atoms with Gasteiger partial charge in [0.15, 0.2) is 0 Å². The van der Waals surface area contributed by atoms with Gasteiger partial charge in [-0.3, -0.25) is 0 Å². The van der Waals surface area contributed by atoms with Gasteiger partial charge in [-0.15, -0.1) is 11.3 Å². The number of fused-ring (bicyclic) bond motifs is 3. The Balaban J connectivity index is 2.63. The van der Waals surface area contributed by atoms with Crippen LogP contribution >= 0.6 is 11.3 Å². The standard InChI is InChI=1S/C8H5N5S/c9-7-6-5(11-3-12-7)4-1-10-2-13-8(4)14-6/h1-3H,(H2,9,11,12). The van der Waals surface area contributed by atoms with Crippen molar-refractivity contribution in [3.05, 3.63) is 18.9 Å². The van der Waals surface area contributed by atoms with Gasteiger partial charge >= 0.3 is 0 Å². The zero-order valence-electron chi connectivity index (χ0n) is 7.01. The normalized spacial score (nSPS) is 11.1. The van der Waals surface area contributed by atoms with Crippen molar-refractivity contribution in [3.63, 3.8) is 0 Å². The predicted molar refractivity (Wildman–Crippen MR) is 54.9 cm³/mol. The summed E-state index contributed by atoms with van der Waals surface area (Å²) in [4.78, 5) is 17.1. The van der Waals surface area contributed by atoms with Gasteiger partial charge < -0.3 is 5.73 Å². The molecule has 0 saturated carbocycles. The summed E-state index contributed by atoms with van der Waals surface area (Å²) in [6.07, 6.45) is 4.71. The molecule has 0 aliphatic carbocycles. The first-order chi connectivity index (χ1) is 6.86. The Morgan fingerprint density at radius 1 is 1.14 bits per heavy atom. The van der Waals surface area contributed by atoms with E-state index in [0.717, 1.165) is 20.4 Å². The van der Waals surface area contributed by atoms with Crippen molar-refractivity contribution in [3.8, 4) is 0 Å². The lowest BCUT2D eigenvalue weighted by Gasteiger charge is -1.91. The van der Waals surface area contributed by atoms with E-state index in [9.17, 15) is 0 Å². The molecule has 0 spiro atoms. The van der Waals surface area contributed by atoms with Crippen LogP contribution < -0.4 is 5.73 Å². The second kappa shape index (κ2) is 2.58. The molecule has 0 aliphatic rings. The molecule has 0 radical (unpaired) electrons. The van der Waals surface area contributed by atoms with Gasteiger partial charge in [-0.25, -0.2) is 19.9 Å². The minimum atomic E-state index is 0.498. The average Bonchev–Trinajstić information content (AvgIpc) is 2.59. The summed E-state index contributed by atoms with van der Waals surface area (Å²) >= 11 is 1.49. The number of anilines is 1. The smallest absolute Gasteiger partial charge is 0.144 e. The van der Waals surface area contributed by atoms with Crippen LogP contribution in [0.1, 0.15) is 0 Å². The first-order valence-corrected chi connectivity index (χ1v) is 4.76. The third-order valence-corrected chi connectivity index (χ3v) is 3.09. The van der Waals surface area contributed by atoms with Gasteiger partial charge in [0.05, 0.1) is 15.6 Å². The van der Waals surface area contributed by atoms with Crippen molar-refractivity contribution in [2.45, 2.75) is 0 Å². The van der Waals surface area contributed by atoms with Gasteiger partial charge in [-0.1, -0.05) is 0 Å².